The Morgan fingerprint density at radius 1 is 0.558 bits per heavy atom. The third-order valence-electron chi connectivity index (χ3n) is 9.05. The second-order valence-electron chi connectivity index (χ2n) is 12.0. The zero-order valence-electron chi connectivity index (χ0n) is 27.6. The van der Waals surface area contributed by atoms with Gasteiger partial charge in [0.2, 0.25) is 11.8 Å². The molecular formula is C44H28N6O2. The molecule has 0 aliphatic rings. The van der Waals surface area contributed by atoms with Crippen LogP contribution in [0, 0.1) is 45.3 Å². The molecule has 6 aromatic rings. The number of hydrogen-bond acceptors (Lipinski definition) is 6. The van der Waals surface area contributed by atoms with E-state index >= 15 is 4.79 Å². The largest absolute Gasteiger partial charge is 0.369 e. The SMILES string of the molecule is N#Cc1ccc(-c2ccccc2C(C(N)=O)C(C(=O)Nc2cccc(C#N)c2)(c2ccc(C#N)cc2)c2ccccc2-c2cccc(C#N)c2)cc1. The van der Waals surface area contributed by atoms with Crippen molar-refractivity contribution in [3.8, 4) is 46.5 Å². The van der Waals surface area contributed by atoms with Gasteiger partial charge in [0, 0.05) is 5.69 Å². The van der Waals surface area contributed by atoms with Crippen LogP contribution in [0.5, 0.6) is 0 Å². The lowest BCUT2D eigenvalue weighted by molar-refractivity contribution is -0.127. The number of anilines is 1. The van der Waals surface area contributed by atoms with Crippen molar-refractivity contribution in [2.75, 3.05) is 5.32 Å². The molecule has 0 bridgehead atoms. The van der Waals surface area contributed by atoms with Gasteiger partial charge in [-0.1, -0.05) is 91.0 Å². The lowest BCUT2D eigenvalue weighted by atomic mass is 9.60. The van der Waals surface area contributed by atoms with E-state index < -0.39 is 23.1 Å². The van der Waals surface area contributed by atoms with Crippen LogP contribution in [0.2, 0.25) is 0 Å². The minimum absolute atomic E-state index is 0.313. The predicted octanol–water partition coefficient (Wildman–Crippen LogP) is 7.70. The maximum Gasteiger partial charge on any atom is 0.240 e. The Morgan fingerprint density at radius 2 is 1.12 bits per heavy atom. The smallest absolute Gasteiger partial charge is 0.240 e. The highest BCUT2D eigenvalue weighted by atomic mass is 16.2. The molecule has 0 aliphatic heterocycles. The Morgan fingerprint density at radius 3 is 1.75 bits per heavy atom. The fourth-order valence-electron chi connectivity index (χ4n) is 6.74. The van der Waals surface area contributed by atoms with Crippen LogP contribution < -0.4 is 11.1 Å². The molecule has 8 nitrogen and oxygen atoms in total. The average Bonchev–Trinajstić information content (AvgIpc) is 3.20. The molecule has 3 N–H and O–H groups in total. The van der Waals surface area contributed by atoms with E-state index in [9.17, 15) is 25.8 Å². The molecule has 6 rings (SSSR count). The van der Waals surface area contributed by atoms with E-state index in [-0.39, 0.29) is 0 Å². The van der Waals surface area contributed by atoms with E-state index in [4.69, 9.17) is 5.73 Å². The highest BCUT2D eigenvalue weighted by molar-refractivity contribution is 6.09. The molecule has 0 heterocycles. The zero-order valence-corrected chi connectivity index (χ0v) is 27.6. The summed E-state index contributed by atoms with van der Waals surface area (Å²) in [5.41, 5.74) is 10.1. The first-order valence-corrected chi connectivity index (χ1v) is 16.1. The lowest BCUT2D eigenvalue weighted by Gasteiger charge is -2.41. The van der Waals surface area contributed by atoms with Gasteiger partial charge in [0.25, 0.3) is 0 Å². The van der Waals surface area contributed by atoms with Crippen molar-refractivity contribution in [3.63, 3.8) is 0 Å². The van der Waals surface area contributed by atoms with Crippen LogP contribution in [0.15, 0.2) is 146 Å². The number of nitriles is 4. The number of rotatable bonds is 9. The highest BCUT2D eigenvalue weighted by Crippen LogP contribution is 2.51. The van der Waals surface area contributed by atoms with Crippen LogP contribution in [0.1, 0.15) is 44.9 Å². The molecule has 0 spiro atoms. The van der Waals surface area contributed by atoms with Crippen molar-refractivity contribution in [1.82, 2.24) is 0 Å². The van der Waals surface area contributed by atoms with Crippen molar-refractivity contribution >= 4 is 17.5 Å². The number of primary amides is 1. The molecule has 2 amide bonds. The third kappa shape index (κ3) is 6.36. The van der Waals surface area contributed by atoms with E-state index in [0.717, 1.165) is 0 Å². The number of amides is 2. The number of nitrogens with two attached hydrogens (primary N) is 1. The first-order valence-electron chi connectivity index (χ1n) is 16.1. The minimum Gasteiger partial charge on any atom is -0.369 e. The monoisotopic (exact) mass is 672 g/mol. The molecule has 2 atom stereocenters. The summed E-state index contributed by atoms with van der Waals surface area (Å²) in [6.45, 7) is 0. The molecule has 8 heteroatoms. The molecule has 0 aromatic heterocycles. The molecular weight excluding hydrogens is 645 g/mol. The molecule has 52 heavy (non-hydrogen) atoms. The maximum atomic E-state index is 15.6. The number of hydrogen-bond donors (Lipinski definition) is 2. The topological polar surface area (TPSA) is 167 Å². The van der Waals surface area contributed by atoms with Gasteiger partial charge in [0.1, 0.15) is 5.41 Å². The van der Waals surface area contributed by atoms with Gasteiger partial charge in [0.05, 0.1) is 52.4 Å². The van der Waals surface area contributed by atoms with Crippen LogP contribution in [0.25, 0.3) is 22.3 Å². The Balaban J connectivity index is 1.76. The van der Waals surface area contributed by atoms with Crippen LogP contribution in [-0.2, 0) is 15.0 Å². The van der Waals surface area contributed by atoms with E-state index in [2.05, 4.69) is 29.6 Å². The van der Waals surface area contributed by atoms with E-state index in [1.54, 1.807) is 115 Å². The number of nitrogens with zero attached hydrogens (tertiary/aromatic N) is 4. The summed E-state index contributed by atoms with van der Waals surface area (Å²) in [4.78, 5) is 30.0. The molecule has 0 saturated carbocycles. The van der Waals surface area contributed by atoms with Gasteiger partial charge in [0.15, 0.2) is 0 Å². The molecule has 0 radical (unpaired) electrons. The van der Waals surface area contributed by atoms with Crippen molar-refractivity contribution in [2.24, 2.45) is 5.73 Å². The summed E-state index contributed by atoms with van der Waals surface area (Å²) in [5.74, 6) is -2.83. The normalized spacial score (nSPS) is 12.1. The summed E-state index contributed by atoms with van der Waals surface area (Å²) in [6.07, 6.45) is 0. The Hall–Kier alpha value is -7.78. The highest BCUT2D eigenvalue weighted by Gasteiger charge is 2.54. The quantitative estimate of drug-likeness (QED) is 0.160. The van der Waals surface area contributed by atoms with E-state index in [1.807, 2.05) is 24.3 Å². The van der Waals surface area contributed by atoms with Crippen molar-refractivity contribution in [3.05, 3.63) is 185 Å². The lowest BCUT2D eigenvalue weighted by Crippen LogP contribution is -2.51. The van der Waals surface area contributed by atoms with Crippen molar-refractivity contribution in [2.45, 2.75) is 11.3 Å². The van der Waals surface area contributed by atoms with Gasteiger partial charge in [-0.3, -0.25) is 9.59 Å². The predicted molar refractivity (Wildman–Crippen MR) is 197 cm³/mol. The first kappa shape index (κ1) is 34.1. The Bertz CT molecular complexity index is 2500. The zero-order chi connectivity index (χ0) is 36.7. The second-order valence-corrected chi connectivity index (χ2v) is 12.0. The van der Waals surface area contributed by atoms with Crippen LogP contribution >= 0.6 is 0 Å². The van der Waals surface area contributed by atoms with Gasteiger partial charge in [-0.05, 0) is 93.5 Å². The van der Waals surface area contributed by atoms with Crippen LogP contribution in [0.4, 0.5) is 5.69 Å². The van der Waals surface area contributed by atoms with Crippen molar-refractivity contribution < 1.29 is 9.59 Å². The van der Waals surface area contributed by atoms with Gasteiger partial charge >= 0.3 is 0 Å². The molecule has 0 fully saturated rings. The number of carbonyl (C=O) groups excluding carboxylic acids is 2. The van der Waals surface area contributed by atoms with Crippen LogP contribution in [-0.4, -0.2) is 11.8 Å². The Labute approximate surface area is 300 Å². The maximum absolute atomic E-state index is 15.6. The van der Waals surface area contributed by atoms with Crippen LogP contribution in [0.3, 0.4) is 0 Å². The fraction of sp³-hybridized carbons (Fsp3) is 0.0455. The number of benzene rings is 6. The summed E-state index contributed by atoms with van der Waals surface area (Å²) >= 11 is 0. The Kier molecular flexibility index (Phi) is 9.69. The second kappa shape index (κ2) is 14.8. The van der Waals surface area contributed by atoms with Gasteiger partial charge in [-0.25, -0.2) is 0 Å². The summed E-state index contributed by atoms with van der Waals surface area (Å²) in [7, 11) is 0. The first-order chi connectivity index (χ1) is 25.3. The summed E-state index contributed by atoms with van der Waals surface area (Å²) in [6, 6.07) is 49.5. The average molecular weight is 673 g/mol. The van der Waals surface area contributed by atoms with Crippen molar-refractivity contribution in [1.29, 1.82) is 21.0 Å². The van der Waals surface area contributed by atoms with Gasteiger partial charge < -0.3 is 11.1 Å². The van der Waals surface area contributed by atoms with E-state index in [0.29, 0.717) is 66.9 Å². The van der Waals surface area contributed by atoms with Gasteiger partial charge in [-0.15, -0.1) is 0 Å². The van der Waals surface area contributed by atoms with E-state index in [1.165, 1.54) is 6.07 Å². The number of nitrogens with one attached hydrogen (secondary N) is 1. The molecule has 6 aromatic carbocycles. The molecule has 0 saturated heterocycles. The third-order valence-corrected chi connectivity index (χ3v) is 9.05. The minimum atomic E-state index is -1.93. The molecule has 246 valence electrons. The molecule has 0 aliphatic carbocycles. The fourth-order valence-corrected chi connectivity index (χ4v) is 6.74. The summed E-state index contributed by atoms with van der Waals surface area (Å²) in [5, 5.41) is 41.7. The van der Waals surface area contributed by atoms with Gasteiger partial charge in [-0.2, -0.15) is 21.0 Å². The summed E-state index contributed by atoms with van der Waals surface area (Å²) < 4.78 is 0. The number of carbonyl (C=O) groups is 2. The standard InChI is InChI=1S/C44H28N6O2/c45-25-29-15-19-33(20-16-29)37-11-1-2-13-39(37)41(42(49)51)44(35-21-17-30(26-46)18-22-35,43(52)50-36-10-6-8-32(24-36)28-48)40-14-4-3-12-38(40)34-9-5-7-31(23-34)27-47/h1-24,41H,(H2,49,51)(H,50,52). The molecule has 2 unspecified atom stereocenters.